The van der Waals surface area contributed by atoms with Crippen LogP contribution in [0.3, 0.4) is 0 Å². The number of carbonyl (C=O) groups is 1. The van der Waals surface area contributed by atoms with Crippen molar-refractivity contribution in [3.05, 3.63) is 76.4 Å². The zero-order valence-electron chi connectivity index (χ0n) is 12.5. The standard InChI is InChI=1S/C18H13BrN4O/c19-14-8-6-13(7-9-14)15-10-16(23-22-15)18(24)21-17(11-20)12-4-2-1-3-5-12/h1-10,17H,(H,21,24)(H,22,23). The molecule has 1 amide bonds. The van der Waals surface area contributed by atoms with Crippen LogP contribution in [0.5, 0.6) is 0 Å². The predicted molar refractivity (Wildman–Crippen MR) is 94.0 cm³/mol. The average Bonchev–Trinajstić information content (AvgIpc) is 3.11. The number of H-pyrrole nitrogens is 1. The van der Waals surface area contributed by atoms with Gasteiger partial charge in [0.15, 0.2) is 0 Å². The monoisotopic (exact) mass is 380 g/mol. The summed E-state index contributed by atoms with van der Waals surface area (Å²) in [6, 6.07) is 19.8. The summed E-state index contributed by atoms with van der Waals surface area (Å²) >= 11 is 3.38. The Bertz CT molecular complexity index is 881. The summed E-state index contributed by atoms with van der Waals surface area (Å²) < 4.78 is 0.972. The molecule has 2 aromatic carbocycles. The number of nitrogens with zero attached hydrogens (tertiary/aromatic N) is 2. The summed E-state index contributed by atoms with van der Waals surface area (Å²) in [5.41, 5.74) is 2.61. The first kappa shape index (κ1) is 16.0. The molecule has 3 rings (SSSR count). The Labute approximate surface area is 147 Å². The summed E-state index contributed by atoms with van der Waals surface area (Å²) in [5.74, 6) is -0.374. The molecule has 1 atom stereocenters. The van der Waals surface area contributed by atoms with E-state index in [1.807, 2.05) is 42.5 Å². The quantitative estimate of drug-likeness (QED) is 0.721. The maximum atomic E-state index is 12.3. The maximum absolute atomic E-state index is 12.3. The number of halogens is 1. The molecular formula is C18H13BrN4O. The molecule has 0 spiro atoms. The van der Waals surface area contributed by atoms with E-state index < -0.39 is 6.04 Å². The summed E-state index contributed by atoms with van der Waals surface area (Å²) in [7, 11) is 0. The van der Waals surface area contributed by atoms with E-state index in [-0.39, 0.29) is 5.91 Å². The van der Waals surface area contributed by atoms with Crippen molar-refractivity contribution in [1.29, 1.82) is 5.26 Å². The molecule has 1 aromatic heterocycles. The lowest BCUT2D eigenvalue weighted by Gasteiger charge is -2.10. The van der Waals surface area contributed by atoms with Gasteiger partial charge in [0, 0.05) is 10.0 Å². The van der Waals surface area contributed by atoms with Crippen LogP contribution in [-0.4, -0.2) is 16.1 Å². The van der Waals surface area contributed by atoms with E-state index >= 15 is 0 Å². The van der Waals surface area contributed by atoms with Crippen LogP contribution in [0, 0.1) is 11.3 Å². The molecule has 0 bridgehead atoms. The Hall–Kier alpha value is -2.91. The van der Waals surface area contributed by atoms with Crippen molar-refractivity contribution in [3.63, 3.8) is 0 Å². The SMILES string of the molecule is N#CC(NC(=O)c1cc(-c2ccc(Br)cc2)n[nH]1)c1ccccc1. The van der Waals surface area contributed by atoms with Gasteiger partial charge in [-0.25, -0.2) is 0 Å². The molecule has 0 fully saturated rings. The minimum absolute atomic E-state index is 0.309. The van der Waals surface area contributed by atoms with Crippen LogP contribution in [0.1, 0.15) is 22.1 Å². The molecule has 0 aliphatic heterocycles. The predicted octanol–water partition coefficient (Wildman–Crippen LogP) is 3.83. The van der Waals surface area contributed by atoms with Gasteiger partial charge < -0.3 is 5.32 Å². The fraction of sp³-hybridized carbons (Fsp3) is 0.0556. The number of aromatic amines is 1. The molecule has 1 unspecified atom stereocenters. The van der Waals surface area contributed by atoms with Gasteiger partial charge in [-0.3, -0.25) is 9.89 Å². The highest BCUT2D eigenvalue weighted by Gasteiger charge is 2.17. The third kappa shape index (κ3) is 3.53. The van der Waals surface area contributed by atoms with Crippen LogP contribution < -0.4 is 5.32 Å². The molecule has 3 aromatic rings. The molecule has 6 heteroatoms. The number of hydrogen-bond acceptors (Lipinski definition) is 3. The average molecular weight is 381 g/mol. The van der Waals surface area contributed by atoms with E-state index in [9.17, 15) is 10.1 Å². The first-order chi connectivity index (χ1) is 11.7. The second kappa shape index (κ2) is 7.11. The molecule has 5 nitrogen and oxygen atoms in total. The number of benzene rings is 2. The van der Waals surface area contributed by atoms with Crippen LogP contribution in [0.25, 0.3) is 11.3 Å². The van der Waals surface area contributed by atoms with Crippen molar-refractivity contribution >= 4 is 21.8 Å². The van der Waals surface area contributed by atoms with Gasteiger partial charge in [-0.15, -0.1) is 0 Å². The number of rotatable bonds is 4. The molecule has 0 saturated heterocycles. The van der Waals surface area contributed by atoms with Crippen molar-refractivity contribution in [2.45, 2.75) is 6.04 Å². The van der Waals surface area contributed by atoms with Crippen molar-refractivity contribution in [3.8, 4) is 17.3 Å². The van der Waals surface area contributed by atoms with Crippen LogP contribution in [-0.2, 0) is 0 Å². The topological polar surface area (TPSA) is 81.6 Å². The van der Waals surface area contributed by atoms with Crippen molar-refractivity contribution in [2.75, 3.05) is 0 Å². The molecule has 0 radical (unpaired) electrons. The molecule has 0 aliphatic carbocycles. The third-order valence-corrected chi connectivity index (χ3v) is 4.03. The number of amides is 1. The zero-order chi connectivity index (χ0) is 16.9. The number of aromatic nitrogens is 2. The number of nitrogens with one attached hydrogen (secondary N) is 2. The minimum Gasteiger partial charge on any atom is -0.331 e. The van der Waals surface area contributed by atoms with Crippen molar-refractivity contribution < 1.29 is 4.79 Å². The van der Waals surface area contributed by atoms with Crippen LogP contribution in [0.4, 0.5) is 0 Å². The normalized spacial score (nSPS) is 11.5. The molecule has 118 valence electrons. The van der Waals surface area contributed by atoms with Gasteiger partial charge in [-0.2, -0.15) is 10.4 Å². The van der Waals surface area contributed by atoms with E-state index in [1.54, 1.807) is 18.2 Å². The number of nitriles is 1. The van der Waals surface area contributed by atoms with Crippen LogP contribution >= 0.6 is 15.9 Å². The second-order valence-electron chi connectivity index (χ2n) is 5.12. The van der Waals surface area contributed by atoms with E-state index in [4.69, 9.17) is 0 Å². The van der Waals surface area contributed by atoms with Gasteiger partial charge in [0.2, 0.25) is 0 Å². The molecule has 2 N–H and O–H groups in total. The highest BCUT2D eigenvalue weighted by Crippen LogP contribution is 2.21. The lowest BCUT2D eigenvalue weighted by Crippen LogP contribution is -2.27. The van der Waals surface area contributed by atoms with Gasteiger partial charge in [0.05, 0.1) is 11.8 Å². The number of carbonyl (C=O) groups excluding carboxylic acids is 1. The van der Waals surface area contributed by atoms with Gasteiger partial charge >= 0.3 is 0 Å². The summed E-state index contributed by atoms with van der Waals surface area (Å²) in [6.45, 7) is 0. The summed E-state index contributed by atoms with van der Waals surface area (Å²) in [4.78, 5) is 12.3. The molecule has 24 heavy (non-hydrogen) atoms. The van der Waals surface area contributed by atoms with E-state index in [0.717, 1.165) is 15.6 Å². The lowest BCUT2D eigenvalue weighted by atomic mass is 10.1. The lowest BCUT2D eigenvalue weighted by molar-refractivity contribution is 0.0940. The van der Waals surface area contributed by atoms with Gasteiger partial charge in [-0.1, -0.05) is 58.4 Å². The Morgan fingerprint density at radius 3 is 2.54 bits per heavy atom. The maximum Gasteiger partial charge on any atom is 0.270 e. The zero-order valence-corrected chi connectivity index (χ0v) is 14.1. The van der Waals surface area contributed by atoms with Crippen molar-refractivity contribution in [1.82, 2.24) is 15.5 Å². The largest absolute Gasteiger partial charge is 0.331 e. The Morgan fingerprint density at radius 1 is 1.17 bits per heavy atom. The van der Waals surface area contributed by atoms with Gasteiger partial charge in [-0.05, 0) is 23.8 Å². The van der Waals surface area contributed by atoms with E-state index in [1.165, 1.54) is 0 Å². The summed E-state index contributed by atoms with van der Waals surface area (Å²) in [5, 5.41) is 18.9. The van der Waals surface area contributed by atoms with Gasteiger partial charge in [0.25, 0.3) is 5.91 Å². The molecule has 0 saturated carbocycles. The fourth-order valence-electron chi connectivity index (χ4n) is 2.25. The summed E-state index contributed by atoms with van der Waals surface area (Å²) in [6.07, 6.45) is 0. The fourth-order valence-corrected chi connectivity index (χ4v) is 2.52. The first-order valence-corrected chi connectivity index (χ1v) is 8.03. The molecular weight excluding hydrogens is 368 g/mol. The Balaban J connectivity index is 1.76. The smallest absolute Gasteiger partial charge is 0.270 e. The molecule has 0 aliphatic rings. The Morgan fingerprint density at radius 2 is 1.88 bits per heavy atom. The van der Waals surface area contributed by atoms with Crippen LogP contribution in [0.2, 0.25) is 0 Å². The van der Waals surface area contributed by atoms with Gasteiger partial charge in [0.1, 0.15) is 11.7 Å². The second-order valence-corrected chi connectivity index (χ2v) is 6.04. The van der Waals surface area contributed by atoms with E-state index in [2.05, 4.69) is 37.5 Å². The van der Waals surface area contributed by atoms with E-state index in [0.29, 0.717) is 11.4 Å². The van der Waals surface area contributed by atoms with Crippen molar-refractivity contribution in [2.24, 2.45) is 0 Å². The van der Waals surface area contributed by atoms with Crippen LogP contribution in [0.15, 0.2) is 65.1 Å². The highest BCUT2D eigenvalue weighted by molar-refractivity contribution is 9.10. The third-order valence-electron chi connectivity index (χ3n) is 3.50. The Kier molecular flexibility index (Phi) is 4.73. The minimum atomic E-state index is -0.710. The molecule has 1 heterocycles. The highest BCUT2D eigenvalue weighted by atomic mass is 79.9. The number of hydrogen-bond donors (Lipinski definition) is 2. The first-order valence-electron chi connectivity index (χ1n) is 7.24.